The Morgan fingerprint density at radius 2 is 2.05 bits per heavy atom. The average Bonchev–Trinajstić information content (AvgIpc) is 2.76. The molecule has 0 radical (unpaired) electrons. The van der Waals surface area contributed by atoms with Gasteiger partial charge in [-0.2, -0.15) is 0 Å². The van der Waals surface area contributed by atoms with Gasteiger partial charge in [-0.3, -0.25) is 9.59 Å². The van der Waals surface area contributed by atoms with Crippen LogP contribution < -0.4 is 0 Å². The first-order valence-electron chi connectivity index (χ1n) is 6.31. The summed E-state index contributed by atoms with van der Waals surface area (Å²) in [5.74, 6) is -0.230. The van der Waals surface area contributed by atoms with Gasteiger partial charge in [0.15, 0.2) is 5.82 Å². The standard InChI is InChI=1S/C11H17N5O3/c1-8-2-4-15(5-3-8)10(17)7-16-9(6-11(18)19)12-13-14-16/h8H,2-7H2,1H3,(H,18,19). The van der Waals surface area contributed by atoms with Crippen molar-refractivity contribution in [2.45, 2.75) is 32.7 Å². The van der Waals surface area contributed by atoms with Crippen LogP contribution in [0.5, 0.6) is 0 Å². The number of hydrogen-bond acceptors (Lipinski definition) is 5. The Hall–Kier alpha value is -1.99. The fraction of sp³-hybridized carbons (Fsp3) is 0.727. The highest BCUT2D eigenvalue weighted by molar-refractivity contribution is 5.76. The third-order valence-corrected chi connectivity index (χ3v) is 3.34. The summed E-state index contributed by atoms with van der Waals surface area (Å²) in [4.78, 5) is 24.5. The number of carboxylic acids is 1. The van der Waals surface area contributed by atoms with E-state index in [1.165, 1.54) is 4.68 Å². The minimum Gasteiger partial charge on any atom is -0.481 e. The van der Waals surface area contributed by atoms with Crippen molar-refractivity contribution >= 4 is 11.9 Å². The number of nitrogens with zero attached hydrogens (tertiary/aromatic N) is 5. The molecule has 0 unspecified atom stereocenters. The number of carbonyl (C=O) groups excluding carboxylic acids is 1. The van der Waals surface area contributed by atoms with Gasteiger partial charge in [0.2, 0.25) is 5.91 Å². The molecule has 19 heavy (non-hydrogen) atoms. The Labute approximate surface area is 110 Å². The largest absolute Gasteiger partial charge is 0.481 e. The van der Waals surface area contributed by atoms with E-state index in [1.807, 2.05) is 0 Å². The first-order chi connectivity index (χ1) is 9.06. The first-order valence-corrected chi connectivity index (χ1v) is 6.31. The molecule has 0 aliphatic carbocycles. The molecule has 1 N–H and O–H groups in total. The van der Waals surface area contributed by atoms with Gasteiger partial charge >= 0.3 is 5.97 Å². The summed E-state index contributed by atoms with van der Waals surface area (Å²) in [7, 11) is 0. The number of tetrazole rings is 1. The maximum atomic E-state index is 12.1. The zero-order chi connectivity index (χ0) is 13.8. The lowest BCUT2D eigenvalue weighted by Crippen LogP contribution is -2.40. The second-order valence-corrected chi connectivity index (χ2v) is 4.89. The van der Waals surface area contributed by atoms with Crippen molar-refractivity contribution < 1.29 is 14.7 Å². The molecular weight excluding hydrogens is 250 g/mol. The predicted octanol–water partition coefficient (Wildman–Crippen LogP) is -0.441. The molecule has 0 bridgehead atoms. The summed E-state index contributed by atoms with van der Waals surface area (Å²) < 4.78 is 1.26. The molecule has 1 fully saturated rings. The molecule has 8 nitrogen and oxygen atoms in total. The highest BCUT2D eigenvalue weighted by atomic mass is 16.4. The molecule has 104 valence electrons. The number of likely N-dealkylation sites (tertiary alicyclic amines) is 1. The van der Waals surface area contributed by atoms with Gasteiger partial charge in [0, 0.05) is 13.1 Å². The molecular formula is C11H17N5O3. The molecule has 1 saturated heterocycles. The predicted molar refractivity (Wildman–Crippen MR) is 64.1 cm³/mol. The lowest BCUT2D eigenvalue weighted by Gasteiger charge is -2.30. The fourth-order valence-corrected chi connectivity index (χ4v) is 2.09. The summed E-state index contributed by atoms with van der Waals surface area (Å²) in [5.41, 5.74) is 0. The maximum absolute atomic E-state index is 12.1. The Morgan fingerprint density at radius 1 is 1.37 bits per heavy atom. The first kappa shape index (κ1) is 13.4. The van der Waals surface area contributed by atoms with Gasteiger partial charge in [-0.1, -0.05) is 6.92 Å². The SMILES string of the molecule is CC1CCN(C(=O)Cn2nnnc2CC(=O)O)CC1. The Morgan fingerprint density at radius 3 is 2.68 bits per heavy atom. The fourth-order valence-electron chi connectivity index (χ4n) is 2.09. The maximum Gasteiger partial charge on any atom is 0.311 e. The van der Waals surface area contributed by atoms with Crippen molar-refractivity contribution in [3.05, 3.63) is 5.82 Å². The lowest BCUT2D eigenvalue weighted by atomic mass is 9.99. The summed E-state index contributed by atoms with van der Waals surface area (Å²) in [6.07, 6.45) is 1.73. The number of aliphatic carboxylic acids is 1. The number of aromatic nitrogens is 4. The van der Waals surface area contributed by atoms with E-state index in [0.29, 0.717) is 5.92 Å². The van der Waals surface area contributed by atoms with Crippen molar-refractivity contribution in [3.63, 3.8) is 0 Å². The van der Waals surface area contributed by atoms with Crippen molar-refractivity contribution in [2.24, 2.45) is 5.92 Å². The summed E-state index contributed by atoms with van der Waals surface area (Å²) in [6, 6.07) is 0. The van der Waals surface area contributed by atoms with Crippen molar-refractivity contribution in [3.8, 4) is 0 Å². The van der Waals surface area contributed by atoms with Crippen LogP contribution in [0.3, 0.4) is 0 Å². The quantitative estimate of drug-likeness (QED) is 0.793. The summed E-state index contributed by atoms with van der Waals surface area (Å²) in [6.45, 7) is 3.67. The molecule has 1 amide bonds. The van der Waals surface area contributed by atoms with E-state index in [1.54, 1.807) is 4.90 Å². The van der Waals surface area contributed by atoms with Gasteiger partial charge in [0.1, 0.15) is 13.0 Å². The van der Waals surface area contributed by atoms with Crippen LogP contribution in [-0.2, 0) is 22.6 Å². The van der Waals surface area contributed by atoms with E-state index in [2.05, 4.69) is 22.4 Å². The molecule has 0 spiro atoms. The van der Waals surface area contributed by atoms with Crippen LogP contribution >= 0.6 is 0 Å². The van der Waals surface area contributed by atoms with E-state index in [-0.39, 0.29) is 24.7 Å². The third kappa shape index (κ3) is 3.49. The van der Waals surface area contributed by atoms with Gasteiger partial charge in [0.25, 0.3) is 0 Å². The Bertz CT molecular complexity index is 465. The summed E-state index contributed by atoms with van der Waals surface area (Å²) >= 11 is 0. The van der Waals surface area contributed by atoms with E-state index in [9.17, 15) is 9.59 Å². The van der Waals surface area contributed by atoms with Crippen molar-refractivity contribution in [1.82, 2.24) is 25.1 Å². The van der Waals surface area contributed by atoms with Crippen LogP contribution in [0.15, 0.2) is 0 Å². The van der Waals surface area contributed by atoms with Crippen molar-refractivity contribution in [2.75, 3.05) is 13.1 Å². The second kappa shape index (κ2) is 5.77. The van der Waals surface area contributed by atoms with Gasteiger partial charge < -0.3 is 10.0 Å². The molecule has 1 aromatic rings. The zero-order valence-electron chi connectivity index (χ0n) is 10.8. The number of amides is 1. The second-order valence-electron chi connectivity index (χ2n) is 4.89. The number of piperidine rings is 1. The van der Waals surface area contributed by atoms with Crippen LogP contribution in [0.2, 0.25) is 0 Å². The van der Waals surface area contributed by atoms with Gasteiger partial charge in [-0.25, -0.2) is 4.68 Å². The molecule has 2 heterocycles. The molecule has 1 aliphatic heterocycles. The van der Waals surface area contributed by atoms with E-state index >= 15 is 0 Å². The van der Waals surface area contributed by atoms with Crippen LogP contribution in [0, 0.1) is 5.92 Å². The van der Waals surface area contributed by atoms with Crippen LogP contribution in [0.4, 0.5) is 0 Å². The van der Waals surface area contributed by atoms with Crippen LogP contribution in [-0.4, -0.2) is 55.2 Å². The molecule has 1 aromatic heterocycles. The van der Waals surface area contributed by atoms with Crippen LogP contribution in [0.25, 0.3) is 0 Å². The van der Waals surface area contributed by atoms with Gasteiger partial charge in [-0.05, 0) is 29.2 Å². The topological polar surface area (TPSA) is 101 Å². The zero-order valence-corrected chi connectivity index (χ0v) is 10.8. The third-order valence-electron chi connectivity index (χ3n) is 3.34. The number of carbonyl (C=O) groups is 2. The lowest BCUT2D eigenvalue weighted by molar-refractivity contribution is -0.137. The Balaban J connectivity index is 1.95. The molecule has 0 saturated carbocycles. The molecule has 0 aromatic carbocycles. The molecule has 1 aliphatic rings. The molecule has 2 rings (SSSR count). The van der Waals surface area contributed by atoms with Gasteiger partial charge in [0.05, 0.1) is 0 Å². The minimum absolute atomic E-state index is 0.00396. The highest BCUT2D eigenvalue weighted by Gasteiger charge is 2.22. The Kier molecular flexibility index (Phi) is 4.08. The monoisotopic (exact) mass is 267 g/mol. The summed E-state index contributed by atoms with van der Waals surface area (Å²) in [5, 5.41) is 19.4. The normalized spacial score (nSPS) is 16.6. The number of rotatable bonds is 4. The average molecular weight is 267 g/mol. The van der Waals surface area contributed by atoms with Crippen molar-refractivity contribution in [1.29, 1.82) is 0 Å². The van der Waals surface area contributed by atoms with Crippen LogP contribution in [0.1, 0.15) is 25.6 Å². The molecule has 8 heteroatoms. The smallest absolute Gasteiger partial charge is 0.311 e. The number of carboxylic acid groups (broad SMARTS) is 1. The van der Waals surface area contributed by atoms with E-state index < -0.39 is 5.97 Å². The van der Waals surface area contributed by atoms with E-state index in [0.717, 1.165) is 25.9 Å². The van der Waals surface area contributed by atoms with E-state index in [4.69, 9.17) is 5.11 Å². The minimum atomic E-state index is -1.02. The molecule has 0 atom stereocenters. The van der Waals surface area contributed by atoms with Gasteiger partial charge in [-0.15, -0.1) is 5.10 Å². The highest BCUT2D eigenvalue weighted by Crippen LogP contribution is 2.16. The number of hydrogen-bond donors (Lipinski definition) is 1.